The lowest BCUT2D eigenvalue weighted by atomic mass is 9.71. The fraction of sp³-hybridized carbons (Fsp3) is 0.727. The van der Waals surface area contributed by atoms with Crippen molar-refractivity contribution >= 4 is 5.78 Å². The fourth-order valence-corrected chi connectivity index (χ4v) is 2.37. The molecule has 0 atom stereocenters. The van der Waals surface area contributed by atoms with E-state index < -0.39 is 5.60 Å². The second-order valence-corrected chi connectivity index (χ2v) is 4.55. The molecule has 3 aliphatic rings. The second-order valence-electron chi connectivity index (χ2n) is 4.55. The topological polar surface area (TPSA) is 26.3 Å². The summed E-state index contributed by atoms with van der Waals surface area (Å²) in [6.07, 6.45) is 7.70. The van der Waals surface area contributed by atoms with Crippen LogP contribution in [0.2, 0.25) is 0 Å². The van der Waals surface area contributed by atoms with Gasteiger partial charge in [-0.3, -0.25) is 4.79 Å². The molecule has 0 spiro atoms. The van der Waals surface area contributed by atoms with E-state index in [9.17, 15) is 4.79 Å². The predicted molar refractivity (Wildman–Crippen MR) is 50.5 cm³/mol. The molecule has 0 radical (unpaired) electrons. The number of hydrogen-bond donors (Lipinski definition) is 0. The summed E-state index contributed by atoms with van der Waals surface area (Å²) in [6, 6.07) is 0. The van der Waals surface area contributed by atoms with Crippen molar-refractivity contribution in [2.75, 3.05) is 7.11 Å². The lowest BCUT2D eigenvalue weighted by Crippen LogP contribution is -2.42. The normalized spacial score (nSPS) is 43.7. The van der Waals surface area contributed by atoms with Crippen molar-refractivity contribution in [3.8, 4) is 0 Å². The Bertz CT molecular complexity index is 257. The standard InChI is InChI=1S/C11H16O2/c1-10-4-3-9(12)11(13-2,7-5-10)8-6-10/h3-4H,5-8H2,1-2H3. The summed E-state index contributed by atoms with van der Waals surface area (Å²) < 4.78 is 5.40. The van der Waals surface area contributed by atoms with Gasteiger partial charge in [0.25, 0.3) is 0 Å². The molecule has 2 heteroatoms. The van der Waals surface area contributed by atoms with Crippen LogP contribution in [0, 0.1) is 5.41 Å². The number of fused-ring (bicyclic) bond motifs is 3. The van der Waals surface area contributed by atoms with E-state index in [-0.39, 0.29) is 11.2 Å². The third-order valence-electron chi connectivity index (χ3n) is 3.68. The van der Waals surface area contributed by atoms with E-state index >= 15 is 0 Å². The summed E-state index contributed by atoms with van der Waals surface area (Å²) in [4.78, 5) is 11.8. The van der Waals surface area contributed by atoms with Gasteiger partial charge in [0.2, 0.25) is 0 Å². The molecule has 0 amide bonds. The van der Waals surface area contributed by atoms with Crippen molar-refractivity contribution in [3.63, 3.8) is 0 Å². The van der Waals surface area contributed by atoms with E-state index in [1.807, 2.05) is 0 Å². The molecule has 2 bridgehead atoms. The van der Waals surface area contributed by atoms with Gasteiger partial charge in [-0.25, -0.2) is 0 Å². The van der Waals surface area contributed by atoms with Crippen LogP contribution < -0.4 is 0 Å². The van der Waals surface area contributed by atoms with E-state index in [1.54, 1.807) is 13.2 Å². The monoisotopic (exact) mass is 180 g/mol. The van der Waals surface area contributed by atoms with Gasteiger partial charge >= 0.3 is 0 Å². The molecule has 0 aliphatic heterocycles. The zero-order valence-corrected chi connectivity index (χ0v) is 8.30. The van der Waals surface area contributed by atoms with Gasteiger partial charge in [-0.05, 0) is 37.2 Å². The average molecular weight is 180 g/mol. The van der Waals surface area contributed by atoms with Crippen LogP contribution in [0.4, 0.5) is 0 Å². The summed E-state index contributed by atoms with van der Waals surface area (Å²) in [5.41, 5.74) is -0.235. The molecular weight excluding hydrogens is 164 g/mol. The number of rotatable bonds is 1. The van der Waals surface area contributed by atoms with Gasteiger partial charge < -0.3 is 4.74 Å². The minimum Gasteiger partial charge on any atom is -0.370 e. The third-order valence-corrected chi connectivity index (χ3v) is 3.68. The first-order valence-electron chi connectivity index (χ1n) is 4.89. The van der Waals surface area contributed by atoms with Crippen LogP contribution in [0.1, 0.15) is 32.6 Å². The summed E-state index contributed by atoms with van der Waals surface area (Å²) in [6.45, 7) is 2.22. The number of hydrogen-bond acceptors (Lipinski definition) is 2. The van der Waals surface area contributed by atoms with Crippen LogP contribution in [0.3, 0.4) is 0 Å². The Morgan fingerprint density at radius 3 is 2.46 bits per heavy atom. The van der Waals surface area contributed by atoms with Crippen LogP contribution in [-0.2, 0) is 9.53 Å². The number of carbonyl (C=O) groups excluding carboxylic acids is 1. The molecule has 1 saturated carbocycles. The summed E-state index contributed by atoms with van der Waals surface area (Å²) in [5.74, 6) is 0.163. The van der Waals surface area contributed by atoms with Crippen LogP contribution in [0.5, 0.6) is 0 Å². The molecule has 1 fully saturated rings. The van der Waals surface area contributed by atoms with Gasteiger partial charge in [0.05, 0.1) is 0 Å². The van der Waals surface area contributed by atoms with Crippen molar-refractivity contribution in [3.05, 3.63) is 12.2 Å². The van der Waals surface area contributed by atoms with E-state index in [4.69, 9.17) is 4.74 Å². The van der Waals surface area contributed by atoms with Crippen LogP contribution in [-0.4, -0.2) is 18.5 Å². The van der Waals surface area contributed by atoms with Crippen LogP contribution in [0.15, 0.2) is 12.2 Å². The molecule has 0 aromatic heterocycles. The largest absolute Gasteiger partial charge is 0.370 e. The maximum atomic E-state index is 11.8. The molecule has 0 N–H and O–H groups in total. The number of carbonyl (C=O) groups is 1. The molecule has 0 unspecified atom stereocenters. The average Bonchev–Trinajstić information content (AvgIpc) is 2.34. The minimum atomic E-state index is -0.480. The molecule has 72 valence electrons. The van der Waals surface area contributed by atoms with Crippen LogP contribution in [0.25, 0.3) is 0 Å². The van der Waals surface area contributed by atoms with Crippen molar-refractivity contribution in [2.45, 2.75) is 38.2 Å². The second kappa shape index (κ2) is 2.68. The van der Waals surface area contributed by atoms with Crippen molar-refractivity contribution in [1.29, 1.82) is 0 Å². The predicted octanol–water partition coefficient (Wildman–Crippen LogP) is 2.09. The Kier molecular flexibility index (Phi) is 1.84. The van der Waals surface area contributed by atoms with E-state index in [1.165, 1.54) is 0 Å². The molecule has 0 heterocycles. The summed E-state index contributed by atoms with van der Waals surface area (Å²) >= 11 is 0. The van der Waals surface area contributed by atoms with Gasteiger partial charge in [0.1, 0.15) is 5.60 Å². The zero-order valence-electron chi connectivity index (χ0n) is 8.30. The Morgan fingerprint density at radius 1 is 1.31 bits per heavy atom. The molecular formula is C11H16O2. The number of methoxy groups -OCH3 is 1. The SMILES string of the molecule is COC12CCC(C)(C=CC1=O)CC2. The molecule has 3 aliphatic carbocycles. The first-order chi connectivity index (χ1) is 6.10. The number of allylic oxidation sites excluding steroid dienone is 1. The van der Waals surface area contributed by atoms with E-state index in [0.29, 0.717) is 0 Å². The minimum absolute atomic E-state index is 0.163. The smallest absolute Gasteiger partial charge is 0.187 e. The highest BCUT2D eigenvalue weighted by Gasteiger charge is 2.46. The molecule has 2 nitrogen and oxygen atoms in total. The van der Waals surface area contributed by atoms with Gasteiger partial charge in [0.15, 0.2) is 5.78 Å². The first kappa shape index (κ1) is 8.95. The quantitative estimate of drug-likeness (QED) is 0.617. The Hall–Kier alpha value is -0.630. The summed E-state index contributed by atoms with van der Waals surface area (Å²) in [7, 11) is 1.65. The molecule has 0 saturated heterocycles. The number of ether oxygens (including phenoxy) is 1. The van der Waals surface area contributed by atoms with Gasteiger partial charge in [0, 0.05) is 7.11 Å². The van der Waals surface area contributed by atoms with Crippen molar-refractivity contribution in [1.82, 2.24) is 0 Å². The lowest BCUT2D eigenvalue weighted by molar-refractivity contribution is -0.140. The maximum absolute atomic E-state index is 11.8. The third kappa shape index (κ3) is 1.24. The lowest BCUT2D eigenvalue weighted by Gasteiger charge is -2.38. The number of ketones is 1. The zero-order chi connectivity index (χ0) is 9.53. The van der Waals surface area contributed by atoms with Gasteiger partial charge in [-0.15, -0.1) is 0 Å². The van der Waals surface area contributed by atoms with Crippen LogP contribution >= 0.6 is 0 Å². The maximum Gasteiger partial charge on any atom is 0.187 e. The summed E-state index contributed by atoms with van der Waals surface area (Å²) in [5, 5.41) is 0. The van der Waals surface area contributed by atoms with E-state index in [0.717, 1.165) is 25.7 Å². The molecule has 0 aromatic rings. The molecule has 13 heavy (non-hydrogen) atoms. The highest BCUT2D eigenvalue weighted by atomic mass is 16.5. The Labute approximate surface area is 79.0 Å². The van der Waals surface area contributed by atoms with Gasteiger partial charge in [-0.1, -0.05) is 13.0 Å². The van der Waals surface area contributed by atoms with Gasteiger partial charge in [-0.2, -0.15) is 0 Å². The molecule has 0 aromatic carbocycles. The Morgan fingerprint density at radius 2 is 1.92 bits per heavy atom. The molecule has 3 rings (SSSR count). The first-order valence-corrected chi connectivity index (χ1v) is 4.89. The van der Waals surface area contributed by atoms with E-state index in [2.05, 4.69) is 13.0 Å². The van der Waals surface area contributed by atoms with Crippen molar-refractivity contribution < 1.29 is 9.53 Å². The Balaban J connectivity index is 2.36. The highest BCUT2D eigenvalue weighted by Crippen LogP contribution is 2.46. The highest BCUT2D eigenvalue weighted by molar-refractivity contribution is 5.97. The fourth-order valence-electron chi connectivity index (χ4n) is 2.37. The van der Waals surface area contributed by atoms with Crippen molar-refractivity contribution in [2.24, 2.45) is 5.41 Å².